The Morgan fingerprint density at radius 1 is 1.10 bits per heavy atom. The van der Waals surface area contributed by atoms with E-state index in [9.17, 15) is 4.79 Å². The van der Waals surface area contributed by atoms with Gasteiger partial charge >= 0.3 is 0 Å². The lowest BCUT2D eigenvalue weighted by molar-refractivity contribution is 0.0917. The Bertz CT molecular complexity index is 638. The molecule has 3 nitrogen and oxygen atoms in total. The summed E-state index contributed by atoms with van der Waals surface area (Å²) in [6.45, 7) is 4.35. The van der Waals surface area contributed by atoms with Crippen LogP contribution in [0.3, 0.4) is 0 Å². The van der Waals surface area contributed by atoms with Crippen LogP contribution < -0.4 is 9.47 Å². The van der Waals surface area contributed by atoms with Crippen LogP contribution in [-0.2, 0) is 0 Å². The molecule has 0 aliphatic rings. The zero-order chi connectivity index (χ0) is 15.2. The molecular formula is C17H17BrO3. The Morgan fingerprint density at radius 2 is 1.86 bits per heavy atom. The standard InChI is InChI=1S/C17H17BrO3/c1-3-20-17-7-5-4-6-14(17)15(19)11-21-16-9-8-13(18)10-12(16)2/h4-10H,3,11H2,1-2H3. The van der Waals surface area contributed by atoms with Crippen LogP contribution in [0.5, 0.6) is 11.5 Å². The molecule has 0 radical (unpaired) electrons. The number of hydrogen-bond donors (Lipinski definition) is 0. The molecule has 2 aromatic carbocycles. The second-order valence-electron chi connectivity index (χ2n) is 4.55. The van der Waals surface area contributed by atoms with Gasteiger partial charge < -0.3 is 9.47 Å². The van der Waals surface area contributed by atoms with Crippen molar-refractivity contribution in [2.75, 3.05) is 13.2 Å². The quantitative estimate of drug-likeness (QED) is 0.725. The minimum absolute atomic E-state index is 0.00738. The molecule has 0 saturated heterocycles. The van der Waals surface area contributed by atoms with Crippen LogP contribution in [0.2, 0.25) is 0 Å². The molecule has 2 rings (SSSR count). The van der Waals surface area contributed by atoms with Crippen LogP contribution >= 0.6 is 15.9 Å². The molecule has 0 atom stereocenters. The van der Waals surface area contributed by atoms with Gasteiger partial charge in [-0.05, 0) is 49.7 Å². The SMILES string of the molecule is CCOc1ccccc1C(=O)COc1ccc(Br)cc1C. The number of ether oxygens (including phenoxy) is 2. The molecule has 0 amide bonds. The molecule has 4 heteroatoms. The average Bonchev–Trinajstić information content (AvgIpc) is 2.47. The Hall–Kier alpha value is -1.81. The molecule has 110 valence electrons. The molecule has 0 spiro atoms. The first kappa shape index (κ1) is 15.6. The minimum Gasteiger partial charge on any atom is -0.493 e. The number of halogens is 1. The number of hydrogen-bond acceptors (Lipinski definition) is 3. The van der Waals surface area contributed by atoms with E-state index in [1.165, 1.54) is 0 Å². The van der Waals surface area contributed by atoms with Gasteiger partial charge in [-0.2, -0.15) is 0 Å². The van der Waals surface area contributed by atoms with Crippen LogP contribution in [0.25, 0.3) is 0 Å². The Morgan fingerprint density at radius 3 is 2.57 bits per heavy atom. The molecular weight excluding hydrogens is 332 g/mol. The van der Waals surface area contributed by atoms with E-state index in [1.54, 1.807) is 12.1 Å². The number of Topliss-reactive ketones (excluding diaryl/α,β-unsaturated/α-hetero) is 1. The molecule has 21 heavy (non-hydrogen) atoms. The summed E-state index contributed by atoms with van der Waals surface area (Å²) < 4.78 is 12.1. The molecule has 2 aromatic rings. The van der Waals surface area contributed by atoms with Gasteiger partial charge in [0.1, 0.15) is 11.5 Å². The molecule has 0 heterocycles. The lowest BCUT2D eigenvalue weighted by Crippen LogP contribution is -2.13. The first-order chi connectivity index (χ1) is 10.1. The van der Waals surface area contributed by atoms with Gasteiger partial charge in [-0.25, -0.2) is 0 Å². The molecule has 0 unspecified atom stereocenters. The van der Waals surface area contributed by atoms with Gasteiger partial charge in [0.15, 0.2) is 6.61 Å². The molecule has 0 saturated carbocycles. The van der Waals surface area contributed by atoms with E-state index in [4.69, 9.17) is 9.47 Å². The highest BCUT2D eigenvalue weighted by Crippen LogP contribution is 2.23. The van der Waals surface area contributed by atoms with E-state index >= 15 is 0 Å². The van der Waals surface area contributed by atoms with Gasteiger partial charge in [-0.3, -0.25) is 4.79 Å². The van der Waals surface area contributed by atoms with Crippen molar-refractivity contribution < 1.29 is 14.3 Å². The lowest BCUT2D eigenvalue weighted by atomic mass is 10.1. The second-order valence-corrected chi connectivity index (χ2v) is 5.47. The maximum absolute atomic E-state index is 12.3. The zero-order valence-corrected chi connectivity index (χ0v) is 13.6. The molecule has 0 aliphatic heterocycles. The third-order valence-corrected chi connectivity index (χ3v) is 3.48. The number of carbonyl (C=O) groups is 1. The van der Waals surface area contributed by atoms with Gasteiger partial charge in [0.05, 0.1) is 12.2 Å². The fourth-order valence-electron chi connectivity index (χ4n) is 1.97. The van der Waals surface area contributed by atoms with Gasteiger partial charge in [0.25, 0.3) is 0 Å². The maximum atomic E-state index is 12.3. The predicted molar refractivity (Wildman–Crippen MR) is 86.3 cm³/mol. The minimum atomic E-state index is -0.0960. The summed E-state index contributed by atoms with van der Waals surface area (Å²) in [6, 6.07) is 12.9. The van der Waals surface area contributed by atoms with E-state index in [-0.39, 0.29) is 12.4 Å². The summed E-state index contributed by atoms with van der Waals surface area (Å²) >= 11 is 3.40. The van der Waals surface area contributed by atoms with Crippen molar-refractivity contribution in [2.24, 2.45) is 0 Å². The second kappa shape index (κ2) is 7.27. The molecule has 0 aromatic heterocycles. The largest absolute Gasteiger partial charge is 0.493 e. The fraction of sp³-hybridized carbons (Fsp3) is 0.235. The summed E-state index contributed by atoms with van der Waals surface area (Å²) in [7, 11) is 0. The summed E-state index contributed by atoms with van der Waals surface area (Å²) in [5, 5.41) is 0. The Labute approximate surface area is 133 Å². The normalized spacial score (nSPS) is 10.2. The smallest absolute Gasteiger partial charge is 0.203 e. The van der Waals surface area contributed by atoms with E-state index in [0.29, 0.717) is 23.7 Å². The summed E-state index contributed by atoms with van der Waals surface area (Å²) in [4.78, 5) is 12.3. The monoisotopic (exact) mass is 348 g/mol. The van der Waals surface area contributed by atoms with E-state index in [2.05, 4.69) is 15.9 Å². The lowest BCUT2D eigenvalue weighted by Gasteiger charge is -2.11. The summed E-state index contributed by atoms with van der Waals surface area (Å²) in [6.07, 6.45) is 0. The number of ketones is 1. The first-order valence-electron chi connectivity index (χ1n) is 6.75. The van der Waals surface area contributed by atoms with Crippen molar-refractivity contribution in [3.05, 3.63) is 58.1 Å². The number of para-hydroxylation sites is 1. The van der Waals surface area contributed by atoms with Crippen LogP contribution in [0, 0.1) is 6.92 Å². The molecule has 0 bridgehead atoms. The van der Waals surface area contributed by atoms with Crippen molar-refractivity contribution in [1.82, 2.24) is 0 Å². The first-order valence-corrected chi connectivity index (χ1v) is 7.55. The van der Waals surface area contributed by atoms with Gasteiger partial charge in [-0.1, -0.05) is 28.1 Å². The van der Waals surface area contributed by atoms with Crippen LogP contribution in [0.15, 0.2) is 46.9 Å². The van der Waals surface area contributed by atoms with Crippen LogP contribution in [0.1, 0.15) is 22.8 Å². The Balaban J connectivity index is 2.08. The summed E-state index contributed by atoms with van der Waals surface area (Å²) in [5.74, 6) is 1.21. The van der Waals surface area contributed by atoms with Gasteiger partial charge in [0, 0.05) is 4.47 Å². The maximum Gasteiger partial charge on any atom is 0.203 e. The fourth-order valence-corrected chi connectivity index (χ4v) is 2.45. The number of rotatable bonds is 6. The highest BCUT2D eigenvalue weighted by molar-refractivity contribution is 9.10. The van der Waals surface area contributed by atoms with Crippen molar-refractivity contribution in [3.8, 4) is 11.5 Å². The third kappa shape index (κ3) is 4.08. The molecule has 0 aliphatic carbocycles. The van der Waals surface area contributed by atoms with E-state index < -0.39 is 0 Å². The topological polar surface area (TPSA) is 35.5 Å². The van der Waals surface area contributed by atoms with Crippen molar-refractivity contribution >= 4 is 21.7 Å². The predicted octanol–water partition coefficient (Wildman–Crippen LogP) is 4.42. The molecule has 0 fully saturated rings. The van der Waals surface area contributed by atoms with Crippen molar-refractivity contribution in [2.45, 2.75) is 13.8 Å². The average molecular weight is 349 g/mol. The highest BCUT2D eigenvalue weighted by atomic mass is 79.9. The van der Waals surface area contributed by atoms with Crippen LogP contribution in [-0.4, -0.2) is 19.0 Å². The van der Waals surface area contributed by atoms with Gasteiger partial charge in [-0.15, -0.1) is 0 Å². The Kier molecular flexibility index (Phi) is 5.39. The highest BCUT2D eigenvalue weighted by Gasteiger charge is 2.13. The van der Waals surface area contributed by atoms with E-state index in [1.807, 2.05) is 44.2 Å². The van der Waals surface area contributed by atoms with Crippen molar-refractivity contribution in [3.63, 3.8) is 0 Å². The molecule has 0 N–H and O–H groups in total. The zero-order valence-electron chi connectivity index (χ0n) is 12.1. The number of aryl methyl sites for hydroxylation is 1. The van der Waals surface area contributed by atoms with Crippen LogP contribution in [0.4, 0.5) is 0 Å². The summed E-state index contributed by atoms with van der Waals surface area (Å²) in [5.41, 5.74) is 1.53. The number of benzene rings is 2. The number of carbonyl (C=O) groups excluding carboxylic acids is 1. The van der Waals surface area contributed by atoms with Gasteiger partial charge in [0.2, 0.25) is 5.78 Å². The van der Waals surface area contributed by atoms with Crippen molar-refractivity contribution in [1.29, 1.82) is 0 Å². The third-order valence-electron chi connectivity index (χ3n) is 2.98. The van der Waals surface area contributed by atoms with E-state index in [0.717, 1.165) is 10.0 Å².